The summed E-state index contributed by atoms with van der Waals surface area (Å²) in [7, 11) is 0. The van der Waals surface area contributed by atoms with Crippen LogP contribution in [-0.2, 0) is 26.8 Å². The Labute approximate surface area is 81.6 Å². The zero-order chi connectivity index (χ0) is 7.40. The molecule has 61 valence electrons. The van der Waals surface area contributed by atoms with Gasteiger partial charge in [0.05, 0.1) is 0 Å². The van der Waals surface area contributed by atoms with Crippen molar-refractivity contribution in [3.8, 4) is 0 Å². The molecule has 1 rings (SSSR count). The van der Waals surface area contributed by atoms with E-state index in [1.54, 1.807) is 0 Å². The van der Waals surface area contributed by atoms with Crippen LogP contribution in [0.4, 0.5) is 0 Å². The second kappa shape index (κ2) is 5.49. The molecular formula is C9H12NRe-. The summed E-state index contributed by atoms with van der Waals surface area (Å²) in [5.74, 6) is 0. The van der Waals surface area contributed by atoms with Gasteiger partial charge in [-0.1, -0.05) is 0 Å². The van der Waals surface area contributed by atoms with E-state index in [1.165, 1.54) is 5.56 Å². The maximum absolute atomic E-state index is 5.61. The molecule has 1 atom stereocenters. The minimum atomic E-state index is 0. The number of rotatable bonds is 2. The van der Waals surface area contributed by atoms with E-state index in [4.69, 9.17) is 5.73 Å². The van der Waals surface area contributed by atoms with Gasteiger partial charge in [0.1, 0.15) is 0 Å². The van der Waals surface area contributed by atoms with E-state index < -0.39 is 0 Å². The molecule has 11 heavy (non-hydrogen) atoms. The second-order valence-electron chi connectivity index (χ2n) is 2.59. The molecule has 0 aliphatic carbocycles. The third kappa shape index (κ3) is 4.32. The van der Waals surface area contributed by atoms with Crippen LogP contribution in [-0.4, -0.2) is 6.04 Å². The third-order valence-electron chi connectivity index (χ3n) is 1.34. The normalized spacial score (nSPS) is 11.8. The van der Waals surface area contributed by atoms with Crippen LogP contribution in [0.3, 0.4) is 0 Å². The Hall–Kier alpha value is -0.158. The standard InChI is InChI=1S/C9H12N.Re/c1-8(10)7-9-5-3-2-4-6-9;/h3-6,8H,7,10H2,1H3;/q-1;. The Morgan fingerprint density at radius 2 is 2.00 bits per heavy atom. The fourth-order valence-corrected chi connectivity index (χ4v) is 0.929. The van der Waals surface area contributed by atoms with Gasteiger partial charge in [-0.15, -0.1) is 0 Å². The summed E-state index contributed by atoms with van der Waals surface area (Å²) in [6.07, 6.45) is 0.953. The Kier molecular flexibility index (Phi) is 5.41. The predicted molar refractivity (Wildman–Crippen MR) is 42.6 cm³/mol. The van der Waals surface area contributed by atoms with Crippen LogP contribution in [0.1, 0.15) is 12.5 Å². The van der Waals surface area contributed by atoms with Crippen LogP contribution in [0.5, 0.6) is 0 Å². The molecule has 0 aromatic heterocycles. The summed E-state index contributed by atoms with van der Waals surface area (Å²) in [4.78, 5) is 0. The zero-order valence-electron chi connectivity index (χ0n) is 6.55. The van der Waals surface area contributed by atoms with Gasteiger partial charge < -0.3 is 5.73 Å². The van der Waals surface area contributed by atoms with Gasteiger partial charge in [0.15, 0.2) is 0 Å². The Morgan fingerprint density at radius 1 is 1.45 bits per heavy atom. The van der Waals surface area contributed by atoms with Crippen molar-refractivity contribution in [1.82, 2.24) is 0 Å². The molecule has 0 fully saturated rings. The van der Waals surface area contributed by atoms with Gasteiger partial charge in [0.2, 0.25) is 0 Å². The number of hydrogen-bond acceptors (Lipinski definition) is 1. The van der Waals surface area contributed by atoms with Gasteiger partial charge in [0, 0.05) is 26.5 Å². The smallest absolute Gasteiger partial charge is 0.00309 e. The van der Waals surface area contributed by atoms with E-state index in [0.717, 1.165) is 6.42 Å². The van der Waals surface area contributed by atoms with Crippen LogP contribution >= 0.6 is 0 Å². The SMILES string of the molecule is CC(N)Cc1cc[c-]cc1.[Re]. The summed E-state index contributed by atoms with van der Waals surface area (Å²) in [5, 5.41) is 0. The van der Waals surface area contributed by atoms with E-state index in [0.29, 0.717) is 0 Å². The van der Waals surface area contributed by atoms with E-state index in [9.17, 15) is 0 Å². The van der Waals surface area contributed by atoms with Crippen LogP contribution in [0.25, 0.3) is 0 Å². The predicted octanol–water partition coefficient (Wildman–Crippen LogP) is 1.37. The van der Waals surface area contributed by atoms with Crippen molar-refractivity contribution in [2.75, 3.05) is 0 Å². The van der Waals surface area contributed by atoms with Crippen molar-refractivity contribution in [3.05, 3.63) is 35.9 Å². The minimum Gasteiger partial charge on any atom is -0.328 e. The molecule has 2 N–H and O–H groups in total. The van der Waals surface area contributed by atoms with Crippen LogP contribution in [0.15, 0.2) is 24.3 Å². The van der Waals surface area contributed by atoms with E-state index in [1.807, 2.05) is 31.2 Å². The van der Waals surface area contributed by atoms with Crippen molar-refractivity contribution < 1.29 is 20.4 Å². The molecular weight excluding hydrogens is 308 g/mol. The molecule has 1 unspecified atom stereocenters. The van der Waals surface area contributed by atoms with Gasteiger partial charge in [-0.2, -0.15) is 35.9 Å². The van der Waals surface area contributed by atoms with Crippen molar-refractivity contribution in [3.63, 3.8) is 0 Å². The fraction of sp³-hybridized carbons (Fsp3) is 0.333. The first-order valence-corrected chi connectivity index (χ1v) is 3.49. The molecule has 2 heteroatoms. The van der Waals surface area contributed by atoms with Gasteiger partial charge in [-0.05, 0) is 13.3 Å². The van der Waals surface area contributed by atoms with E-state index in [2.05, 4.69) is 6.07 Å². The minimum absolute atomic E-state index is 0. The number of nitrogens with two attached hydrogens (primary N) is 1. The monoisotopic (exact) mass is 321 g/mol. The maximum atomic E-state index is 5.61. The van der Waals surface area contributed by atoms with Crippen molar-refractivity contribution in [2.45, 2.75) is 19.4 Å². The Morgan fingerprint density at radius 3 is 2.45 bits per heavy atom. The first kappa shape index (κ1) is 10.8. The van der Waals surface area contributed by atoms with Gasteiger partial charge in [-0.3, -0.25) is 0 Å². The number of hydrogen-bond donors (Lipinski definition) is 1. The quantitative estimate of drug-likeness (QED) is 0.819. The van der Waals surface area contributed by atoms with Crippen molar-refractivity contribution >= 4 is 0 Å². The Bertz CT molecular complexity index is 184. The van der Waals surface area contributed by atoms with E-state index >= 15 is 0 Å². The second-order valence-corrected chi connectivity index (χ2v) is 2.59. The van der Waals surface area contributed by atoms with Crippen molar-refractivity contribution in [1.29, 1.82) is 0 Å². The number of benzene rings is 1. The molecule has 0 aliphatic heterocycles. The third-order valence-corrected chi connectivity index (χ3v) is 1.34. The topological polar surface area (TPSA) is 26.0 Å². The molecule has 1 radical (unpaired) electrons. The van der Waals surface area contributed by atoms with Gasteiger partial charge >= 0.3 is 0 Å². The first-order valence-electron chi connectivity index (χ1n) is 3.49. The average molecular weight is 320 g/mol. The molecule has 0 saturated heterocycles. The molecule has 0 saturated carbocycles. The maximum Gasteiger partial charge on any atom is 0.00309 e. The summed E-state index contributed by atoms with van der Waals surface area (Å²) in [6, 6.07) is 11.1. The summed E-state index contributed by atoms with van der Waals surface area (Å²) >= 11 is 0. The first-order chi connectivity index (χ1) is 4.79. The molecule has 1 aromatic rings. The van der Waals surface area contributed by atoms with Crippen molar-refractivity contribution in [2.24, 2.45) is 5.73 Å². The summed E-state index contributed by atoms with van der Waals surface area (Å²) in [6.45, 7) is 2.01. The summed E-state index contributed by atoms with van der Waals surface area (Å²) in [5.41, 5.74) is 6.90. The van der Waals surface area contributed by atoms with Gasteiger partial charge in [-0.25, -0.2) is 0 Å². The molecule has 0 spiro atoms. The summed E-state index contributed by atoms with van der Waals surface area (Å²) < 4.78 is 0. The van der Waals surface area contributed by atoms with Crippen LogP contribution in [0, 0.1) is 6.07 Å². The Balaban J connectivity index is 0.000001000. The zero-order valence-corrected chi connectivity index (χ0v) is 9.26. The van der Waals surface area contributed by atoms with Gasteiger partial charge in [0.25, 0.3) is 0 Å². The molecule has 1 aromatic carbocycles. The molecule has 0 aliphatic rings. The molecule has 0 amide bonds. The fourth-order valence-electron chi connectivity index (χ4n) is 0.929. The molecule has 1 nitrogen and oxygen atoms in total. The molecule has 0 bridgehead atoms. The average Bonchev–Trinajstić information content (AvgIpc) is 1.88. The largest absolute Gasteiger partial charge is 0.328 e. The van der Waals surface area contributed by atoms with Crippen LogP contribution in [0.2, 0.25) is 0 Å². The molecule has 0 heterocycles. The van der Waals surface area contributed by atoms with Crippen LogP contribution < -0.4 is 5.73 Å². The van der Waals surface area contributed by atoms with E-state index in [-0.39, 0.29) is 26.5 Å².